The lowest BCUT2D eigenvalue weighted by Gasteiger charge is -2.18. The van der Waals surface area contributed by atoms with E-state index < -0.39 is 0 Å². The molecule has 0 saturated heterocycles. The second-order valence-electron chi connectivity index (χ2n) is 3.78. The number of nitrogens with zero attached hydrogens (tertiary/aromatic N) is 4. The molecule has 2 aromatic rings. The molecule has 0 fully saturated rings. The fourth-order valence-electron chi connectivity index (χ4n) is 1.60. The molecule has 4 heteroatoms. The smallest absolute Gasteiger partial charge is 0.155 e. The highest BCUT2D eigenvalue weighted by molar-refractivity contribution is 5.66. The van der Waals surface area contributed by atoms with E-state index in [4.69, 9.17) is 5.26 Å². The maximum atomic E-state index is 9.06. The van der Waals surface area contributed by atoms with Crippen LogP contribution in [0.15, 0.2) is 36.5 Å². The number of aryl methyl sites for hydroxylation is 1. The van der Waals surface area contributed by atoms with Gasteiger partial charge < -0.3 is 4.90 Å². The molecule has 84 valence electrons. The second-order valence-corrected chi connectivity index (χ2v) is 3.78. The number of hydrogen-bond donors (Lipinski definition) is 0. The third-order valence-corrected chi connectivity index (χ3v) is 2.51. The van der Waals surface area contributed by atoms with Crippen LogP contribution in [-0.4, -0.2) is 17.2 Å². The van der Waals surface area contributed by atoms with Crippen molar-refractivity contribution >= 4 is 11.5 Å². The summed E-state index contributed by atoms with van der Waals surface area (Å²) in [7, 11) is 1.87. The van der Waals surface area contributed by atoms with E-state index in [0.717, 1.165) is 17.1 Å². The average molecular weight is 224 g/mol. The van der Waals surface area contributed by atoms with Gasteiger partial charge in [0.2, 0.25) is 0 Å². The lowest BCUT2D eigenvalue weighted by Crippen LogP contribution is -2.13. The highest BCUT2D eigenvalue weighted by Crippen LogP contribution is 2.24. The summed E-state index contributed by atoms with van der Waals surface area (Å²) in [5, 5.41) is 17.0. The predicted octanol–water partition coefficient (Wildman–Crippen LogP) is 2.42. The third kappa shape index (κ3) is 2.23. The topological polar surface area (TPSA) is 52.8 Å². The first-order valence-corrected chi connectivity index (χ1v) is 5.24. The average Bonchev–Trinajstić information content (AvgIpc) is 2.38. The van der Waals surface area contributed by atoms with Crippen molar-refractivity contribution in [2.45, 2.75) is 6.92 Å². The summed E-state index contributed by atoms with van der Waals surface area (Å²) in [6, 6.07) is 11.5. The van der Waals surface area contributed by atoms with E-state index in [1.54, 1.807) is 12.3 Å². The van der Waals surface area contributed by atoms with Crippen molar-refractivity contribution in [3.8, 4) is 6.07 Å². The van der Waals surface area contributed by atoms with Gasteiger partial charge in [0.15, 0.2) is 5.82 Å². The summed E-state index contributed by atoms with van der Waals surface area (Å²) in [6.07, 6.45) is 1.70. The van der Waals surface area contributed by atoms with Gasteiger partial charge in [0, 0.05) is 7.05 Å². The molecule has 17 heavy (non-hydrogen) atoms. The van der Waals surface area contributed by atoms with Crippen molar-refractivity contribution in [3.05, 3.63) is 47.7 Å². The van der Waals surface area contributed by atoms with Gasteiger partial charge in [-0.1, -0.05) is 12.1 Å². The van der Waals surface area contributed by atoms with Crippen LogP contribution in [0.5, 0.6) is 0 Å². The van der Waals surface area contributed by atoms with E-state index in [9.17, 15) is 0 Å². The standard InChI is InChI=1S/C13H12N4/c1-10-7-13(16-15-9-10)17(2)12-6-4-3-5-11(12)8-14/h3-7,9H,1-2H3. The predicted molar refractivity (Wildman–Crippen MR) is 66.0 cm³/mol. The molecule has 0 aliphatic heterocycles. The zero-order valence-corrected chi connectivity index (χ0v) is 9.75. The fraction of sp³-hybridized carbons (Fsp3) is 0.154. The summed E-state index contributed by atoms with van der Waals surface area (Å²) >= 11 is 0. The Hall–Kier alpha value is -2.41. The van der Waals surface area contributed by atoms with E-state index in [-0.39, 0.29) is 0 Å². The molecule has 1 heterocycles. The minimum atomic E-state index is 0.623. The molecule has 0 aliphatic rings. The molecule has 0 N–H and O–H groups in total. The molecular weight excluding hydrogens is 212 g/mol. The summed E-state index contributed by atoms with van der Waals surface area (Å²) in [6.45, 7) is 1.96. The van der Waals surface area contributed by atoms with Crippen LogP contribution < -0.4 is 4.90 Å². The van der Waals surface area contributed by atoms with Crippen LogP contribution in [0.2, 0.25) is 0 Å². The number of benzene rings is 1. The zero-order valence-electron chi connectivity index (χ0n) is 9.75. The van der Waals surface area contributed by atoms with Gasteiger partial charge in [0.25, 0.3) is 0 Å². The maximum Gasteiger partial charge on any atom is 0.155 e. The molecule has 0 amide bonds. The van der Waals surface area contributed by atoms with E-state index in [0.29, 0.717) is 5.56 Å². The van der Waals surface area contributed by atoms with Crippen LogP contribution in [0.3, 0.4) is 0 Å². The van der Waals surface area contributed by atoms with Crippen LogP contribution in [0.25, 0.3) is 0 Å². The van der Waals surface area contributed by atoms with E-state index in [1.165, 1.54) is 0 Å². The summed E-state index contributed by atoms with van der Waals surface area (Å²) in [5.41, 5.74) is 2.49. The molecule has 0 spiro atoms. The van der Waals surface area contributed by atoms with Crippen LogP contribution in [0.1, 0.15) is 11.1 Å². The molecule has 1 aromatic heterocycles. The van der Waals surface area contributed by atoms with Crippen LogP contribution in [-0.2, 0) is 0 Å². The van der Waals surface area contributed by atoms with Crippen LogP contribution in [0, 0.1) is 18.3 Å². The van der Waals surface area contributed by atoms with Crippen molar-refractivity contribution < 1.29 is 0 Å². The first-order valence-electron chi connectivity index (χ1n) is 5.24. The van der Waals surface area contributed by atoms with Crippen molar-refractivity contribution in [1.82, 2.24) is 10.2 Å². The normalized spacial score (nSPS) is 9.71. The number of hydrogen-bond acceptors (Lipinski definition) is 4. The number of anilines is 2. The number of nitriles is 1. The van der Waals surface area contributed by atoms with E-state index >= 15 is 0 Å². The zero-order chi connectivity index (χ0) is 12.3. The first kappa shape index (κ1) is 11.1. The van der Waals surface area contributed by atoms with Gasteiger partial charge in [0.1, 0.15) is 6.07 Å². The molecule has 0 radical (unpaired) electrons. The maximum absolute atomic E-state index is 9.06. The molecule has 0 unspecified atom stereocenters. The molecule has 0 aliphatic carbocycles. The minimum Gasteiger partial charge on any atom is -0.327 e. The van der Waals surface area contributed by atoms with Crippen molar-refractivity contribution in [2.75, 3.05) is 11.9 Å². The quantitative estimate of drug-likeness (QED) is 0.786. The molecule has 0 saturated carbocycles. The number of para-hydroxylation sites is 1. The van der Waals surface area contributed by atoms with Gasteiger partial charge in [-0.3, -0.25) is 0 Å². The van der Waals surface area contributed by atoms with E-state index in [2.05, 4.69) is 16.3 Å². The molecule has 1 aromatic carbocycles. The number of aromatic nitrogens is 2. The SMILES string of the molecule is Cc1cnnc(N(C)c2ccccc2C#N)c1. The van der Waals surface area contributed by atoms with Crippen LogP contribution in [0.4, 0.5) is 11.5 Å². The van der Waals surface area contributed by atoms with Gasteiger partial charge in [-0.15, -0.1) is 5.10 Å². The first-order chi connectivity index (χ1) is 8.22. The van der Waals surface area contributed by atoms with E-state index in [1.807, 2.05) is 43.1 Å². The van der Waals surface area contributed by atoms with Gasteiger partial charge in [-0.2, -0.15) is 10.4 Å². The highest BCUT2D eigenvalue weighted by atomic mass is 15.2. The van der Waals surface area contributed by atoms with Gasteiger partial charge in [0.05, 0.1) is 17.4 Å². The summed E-state index contributed by atoms with van der Waals surface area (Å²) < 4.78 is 0. The van der Waals surface area contributed by atoms with Gasteiger partial charge >= 0.3 is 0 Å². The Bertz CT molecular complexity index is 572. The fourth-order valence-corrected chi connectivity index (χ4v) is 1.60. The molecule has 2 rings (SSSR count). The van der Waals surface area contributed by atoms with Crippen molar-refractivity contribution in [1.29, 1.82) is 5.26 Å². The Kier molecular flexibility index (Phi) is 3.01. The largest absolute Gasteiger partial charge is 0.327 e. The minimum absolute atomic E-state index is 0.623. The second kappa shape index (κ2) is 4.62. The van der Waals surface area contributed by atoms with Crippen molar-refractivity contribution in [3.63, 3.8) is 0 Å². The third-order valence-electron chi connectivity index (χ3n) is 2.51. The molecule has 0 bridgehead atoms. The Morgan fingerprint density at radius 3 is 2.76 bits per heavy atom. The highest BCUT2D eigenvalue weighted by Gasteiger charge is 2.09. The Morgan fingerprint density at radius 2 is 2.06 bits per heavy atom. The Balaban J connectivity index is 2.44. The molecule has 0 atom stereocenters. The molecule has 4 nitrogen and oxygen atoms in total. The Morgan fingerprint density at radius 1 is 1.29 bits per heavy atom. The van der Waals surface area contributed by atoms with Crippen molar-refractivity contribution in [2.24, 2.45) is 0 Å². The Labute approximate surface area is 100 Å². The molecular formula is C13H12N4. The lowest BCUT2D eigenvalue weighted by atomic mass is 10.2. The van der Waals surface area contributed by atoms with Crippen LogP contribution >= 0.6 is 0 Å². The monoisotopic (exact) mass is 224 g/mol. The van der Waals surface area contributed by atoms with Gasteiger partial charge in [-0.05, 0) is 30.7 Å². The summed E-state index contributed by atoms with van der Waals surface area (Å²) in [5.74, 6) is 0.729. The summed E-state index contributed by atoms with van der Waals surface area (Å²) in [4.78, 5) is 1.86. The lowest BCUT2D eigenvalue weighted by molar-refractivity contribution is 0.974. The number of rotatable bonds is 2. The van der Waals surface area contributed by atoms with Gasteiger partial charge in [-0.25, -0.2) is 0 Å².